The van der Waals surface area contributed by atoms with Crippen molar-refractivity contribution >= 4 is 49.8 Å². The van der Waals surface area contributed by atoms with Crippen molar-refractivity contribution < 1.29 is 13.2 Å². The van der Waals surface area contributed by atoms with Gasteiger partial charge in [0.25, 0.3) is 0 Å². The van der Waals surface area contributed by atoms with Crippen LogP contribution < -0.4 is 10.5 Å². The highest BCUT2D eigenvalue weighted by Crippen LogP contribution is 2.27. The molecule has 5 rings (SSSR count). The number of carbonyl (C=O) groups excluding carboxylic acids is 1. The molecule has 0 unspecified atom stereocenters. The van der Waals surface area contributed by atoms with Crippen LogP contribution in [0.1, 0.15) is 11.1 Å². The monoisotopic (exact) mass is 532 g/mol. The average molecular weight is 533 g/mol. The number of hydrogen-bond donors (Lipinski definition) is 2. The van der Waals surface area contributed by atoms with Gasteiger partial charge in [-0.15, -0.1) is 10.2 Å². The van der Waals surface area contributed by atoms with Crippen LogP contribution in [0, 0.1) is 0 Å². The normalized spacial score (nSPS) is 11.7. The summed E-state index contributed by atoms with van der Waals surface area (Å²) >= 11 is 1.21. The van der Waals surface area contributed by atoms with E-state index in [4.69, 9.17) is 10.1 Å². The van der Waals surface area contributed by atoms with E-state index in [1.165, 1.54) is 29.5 Å². The molecular formula is C26H24N6O3S2. The van der Waals surface area contributed by atoms with Crippen molar-refractivity contribution in [2.45, 2.75) is 29.6 Å². The van der Waals surface area contributed by atoms with Gasteiger partial charge in [0.15, 0.2) is 5.65 Å². The van der Waals surface area contributed by atoms with Crippen molar-refractivity contribution in [2.75, 3.05) is 5.75 Å². The van der Waals surface area contributed by atoms with E-state index in [0.717, 1.165) is 40.6 Å². The first-order valence-corrected chi connectivity index (χ1v) is 14.1. The van der Waals surface area contributed by atoms with Crippen LogP contribution in [0.2, 0.25) is 0 Å². The van der Waals surface area contributed by atoms with Crippen molar-refractivity contribution in [1.29, 1.82) is 0 Å². The Hall–Kier alpha value is -3.80. The molecule has 0 saturated heterocycles. The highest BCUT2D eigenvalue weighted by atomic mass is 32.2. The lowest BCUT2D eigenvalue weighted by atomic mass is 10.1. The van der Waals surface area contributed by atoms with Crippen molar-refractivity contribution in [3.8, 4) is 0 Å². The van der Waals surface area contributed by atoms with Gasteiger partial charge in [-0.2, -0.15) is 0 Å². The van der Waals surface area contributed by atoms with E-state index in [2.05, 4.69) is 38.3 Å². The molecule has 0 aliphatic carbocycles. The Morgan fingerprint density at radius 2 is 1.65 bits per heavy atom. The lowest BCUT2D eigenvalue weighted by Crippen LogP contribution is -2.24. The second-order valence-electron chi connectivity index (χ2n) is 8.43. The maximum absolute atomic E-state index is 12.4. The Labute approximate surface area is 218 Å². The SMILES string of the molecule is NS(=O)(=O)c1ccc(CNC(=O)CSc2nnc3c4ccccc4n(CCc4ccccc4)c3n2)cc1. The Bertz CT molecular complexity index is 1670. The minimum Gasteiger partial charge on any atom is -0.351 e. The summed E-state index contributed by atoms with van der Waals surface area (Å²) in [6.45, 7) is 0.998. The lowest BCUT2D eigenvalue weighted by molar-refractivity contribution is -0.118. The number of aryl methyl sites for hydroxylation is 2. The van der Waals surface area contributed by atoms with Crippen molar-refractivity contribution in [3.63, 3.8) is 0 Å². The van der Waals surface area contributed by atoms with Crippen LogP contribution in [0.25, 0.3) is 22.1 Å². The molecule has 9 nitrogen and oxygen atoms in total. The van der Waals surface area contributed by atoms with Gasteiger partial charge in [-0.05, 0) is 35.7 Å². The molecule has 0 radical (unpaired) electrons. The molecule has 11 heteroatoms. The van der Waals surface area contributed by atoms with Crippen LogP contribution in [0.4, 0.5) is 0 Å². The van der Waals surface area contributed by atoms with Crippen LogP contribution in [-0.4, -0.2) is 39.8 Å². The minimum atomic E-state index is -3.75. The molecule has 2 aromatic heterocycles. The highest BCUT2D eigenvalue weighted by molar-refractivity contribution is 7.99. The molecule has 0 aliphatic heterocycles. The first kappa shape index (κ1) is 24.9. The van der Waals surface area contributed by atoms with Gasteiger partial charge in [0.2, 0.25) is 21.1 Å². The van der Waals surface area contributed by atoms with Gasteiger partial charge >= 0.3 is 0 Å². The minimum absolute atomic E-state index is 0.0272. The number of thioether (sulfide) groups is 1. The summed E-state index contributed by atoms with van der Waals surface area (Å²) in [5.41, 5.74) is 4.52. The molecule has 3 aromatic carbocycles. The maximum atomic E-state index is 12.4. The van der Waals surface area contributed by atoms with E-state index in [1.807, 2.05) is 36.4 Å². The topological polar surface area (TPSA) is 133 Å². The lowest BCUT2D eigenvalue weighted by Gasteiger charge is -2.08. The number of rotatable bonds is 9. The summed E-state index contributed by atoms with van der Waals surface area (Å²) in [6, 6.07) is 24.4. The third-order valence-electron chi connectivity index (χ3n) is 5.90. The van der Waals surface area contributed by atoms with Gasteiger partial charge in [-0.25, -0.2) is 18.5 Å². The summed E-state index contributed by atoms with van der Waals surface area (Å²) in [5, 5.41) is 18.0. The van der Waals surface area contributed by atoms with E-state index in [0.29, 0.717) is 5.16 Å². The molecule has 0 fully saturated rings. The van der Waals surface area contributed by atoms with Crippen molar-refractivity contribution in [3.05, 3.63) is 90.0 Å². The summed E-state index contributed by atoms with van der Waals surface area (Å²) < 4.78 is 24.9. The number of primary sulfonamides is 1. The van der Waals surface area contributed by atoms with Gasteiger partial charge in [-0.1, -0.05) is 72.4 Å². The molecule has 1 amide bonds. The van der Waals surface area contributed by atoms with E-state index in [1.54, 1.807) is 12.1 Å². The van der Waals surface area contributed by atoms with E-state index >= 15 is 0 Å². The molecule has 0 saturated carbocycles. The third-order valence-corrected chi connectivity index (χ3v) is 7.66. The van der Waals surface area contributed by atoms with E-state index < -0.39 is 10.0 Å². The van der Waals surface area contributed by atoms with Crippen LogP contribution in [0.15, 0.2) is 88.9 Å². The largest absolute Gasteiger partial charge is 0.351 e. The predicted octanol–water partition coefficient (Wildman–Crippen LogP) is 3.28. The van der Waals surface area contributed by atoms with Gasteiger partial charge < -0.3 is 9.88 Å². The fourth-order valence-electron chi connectivity index (χ4n) is 4.04. The number of para-hydroxylation sites is 1. The zero-order valence-corrected chi connectivity index (χ0v) is 21.4. The summed E-state index contributed by atoms with van der Waals surface area (Å²) in [5.74, 6) is -0.0824. The number of benzene rings is 3. The summed E-state index contributed by atoms with van der Waals surface area (Å²) in [4.78, 5) is 17.2. The highest BCUT2D eigenvalue weighted by Gasteiger charge is 2.15. The molecular weight excluding hydrogens is 508 g/mol. The Morgan fingerprint density at radius 3 is 2.41 bits per heavy atom. The zero-order valence-electron chi connectivity index (χ0n) is 19.7. The maximum Gasteiger partial charge on any atom is 0.238 e. The molecule has 3 N–H and O–H groups in total. The first-order chi connectivity index (χ1) is 17.9. The molecule has 0 bridgehead atoms. The van der Waals surface area contributed by atoms with Gasteiger partial charge in [0.1, 0.15) is 5.52 Å². The molecule has 5 aromatic rings. The van der Waals surface area contributed by atoms with Crippen LogP contribution >= 0.6 is 11.8 Å². The number of nitrogens with one attached hydrogen (secondary N) is 1. The number of sulfonamides is 1. The number of fused-ring (bicyclic) bond motifs is 3. The Balaban J connectivity index is 1.27. The second kappa shape index (κ2) is 10.7. The molecule has 0 atom stereocenters. The Kier molecular flexibility index (Phi) is 7.17. The molecule has 2 heterocycles. The fourth-order valence-corrected chi connectivity index (χ4v) is 5.17. The van der Waals surface area contributed by atoms with E-state index in [9.17, 15) is 13.2 Å². The predicted molar refractivity (Wildman–Crippen MR) is 143 cm³/mol. The summed E-state index contributed by atoms with van der Waals surface area (Å²) in [7, 11) is -3.75. The number of nitrogens with zero attached hydrogens (tertiary/aromatic N) is 4. The zero-order chi connectivity index (χ0) is 25.8. The van der Waals surface area contributed by atoms with Crippen molar-refractivity contribution in [1.82, 2.24) is 25.1 Å². The van der Waals surface area contributed by atoms with Gasteiger partial charge in [-0.3, -0.25) is 4.79 Å². The number of carbonyl (C=O) groups is 1. The third kappa shape index (κ3) is 5.79. The summed E-state index contributed by atoms with van der Waals surface area (Å²) in [6.07, 6.45) is 0.849. The van der Waals surface area contributed by atoms with E-state index in [-0.39, 0.29) is 23.1 Å². The average Bonchev–Trinajstić information content (AvgIpc) is 3.22. The van der Waals surface area contributed by atoms with Crippen molar-refractivity contribution in [2.24, 2.45) is 5.14 Å². The Morgan fingerprint density at radius 1 is 0.919 bits per heavy atom. The molecule has 188 valence electrons. The molecule has 0 spiro atoms. The molecule has 37 heavy (non-hydrogen) atoms. The quantitative estimate of drug-likeness (QED) is 0.278. The fraction of sp³-hybridized carbons (Fsp3) is 0.154. The van der Waals surface area contributed by atoms with Crippen LogP contribution in [0.5, 0.6) is 0 Å². The second-order valence-corrected chi connectivity index (χ2v) is 10.9. The van der Waals surface area contributed by atoms with Crippen LogP contribution in [-0.2, 0) is 34.3 Å². The van der Waals surface area contributed by atoms with Gasteiger partial charge in [0, 0.05) is 18.5 Å². The number of hydrogen-bond acceptors (Lipinski definition) is 7. The smallest absolute Gasteiger partial charge is 0.238 e. The number of nitrogens with two attached hydrogens (primary N) is 1. The molecule has 0 aliphatic rings. The number of amides is 1. The number of aromatic nitrogens is 4. The van der Waals surface area contributed by atoms with Gasteiger partial charge in [0.05, 0.1) is 16.2 Å². The first-order valence-electron chi connectivity index (χ1n) is 11.6. The van der Waals surface area contributed by atoms with Crippen LogP contribution in [0.3, 0.4) is 0 Å². The standard InChI is InChI=1S/C26H24N6O3S2/c27-37(34,35)20-12-10-19(11-13-20)16-28-23(33)17-36-26-29-25-24(30-31-26)21-8-4-5-9-22(21)32(25)15-14-18-6-2-1-3-7-18/h1-13H,14-17H2,(H,28,33)(H2,27,34,35).